The van der Waals surface area contributed by atoms with Crippen molar-refractivity contribution in [1.29, 1.82) is 0 Å². The topological polar surface area (TPSA) is 51.2 Å². The Kier molecular flexibility index (Phi) is 3.70. The van der Waals surface area contributed by atoms with Crippen LogP contribution in [-0.4, -0.2) is 31.1 Å². The molecule has 0 saturated carbocycles. The Morgan fingerprint density at radius 1 is 1.50 bits per heavy atom. The molecular formula is C9H9F3N2O2. The number of ether oxygens (including phenoxy) is 1. The molecule has 7 heteroatoms. The Morgan fingerprint density at radius 3 is 2.69 bits per heavy atom. The average molecular weight is 234 g/mol. The van der Waals surface area contributed by atoms with Crippen molar-refractivity contribution in [2.45, 2.75) is 6.18 Å². The van der Waals surface area contributed by atoms with Gasteiger partial charge in [0, 0.05) is 7.05 Å². The summed E-state index contributed by atoms with van der Waals surface area (Å²) in [6.07, 6.45) is -3.91. The van der Waals surface area contributed by atoms with E-state index in [1.807, 2.05) is 0 Å². The summed E-state index contributed by atoms with van der Waals surface area (Å²) >= 11 is 0. The van der Waals surface area contributed by atoms with Crippen LogP contribution in [0.2, 0.25) is 0 Å². The second-order valence-corrected chi connectivity index (χ2v) is 2.85. The third-order valence-corrected chi connectivity index (χ3v) is 1.63. The number of aldehydes is 1. The predicted molar refractivity (Wildman–Crippen MR) is 50.7 cm³/mol. The number of nitrogens with zero attached hydrogens (tertiary/aromatic N) is 1. The minimum Gasteiger partial charge on any atom is -0.480 e. The molecule has 16 heavy (non-hydrogen) atoms. The van der Waals surface area contributed by atoms with Gasteiger partial charge in [0.05, 0.1) is 0 Å². The van der Waals surface area contributed by atoms with Gasteiger partial charge in [-0.3, -0.25) is 4.79 Å². The Bertz CT molecular complexity index is 380. The molecule has 0 aromatic carbocycles. The van der Waals surface area contributed by atoms with Crippen molar-refractivity contribution in [2.75, 3.05) is 19.0 Å². The van der Waals surface area contributed by atoms with E-state index in [0.717, 1.165) is 0 Å². The van der Waals surface area contributed by atoms with Crippen molar-refractivity contribution >= 4 is 12.1 Å². The number of anilines is 1. The van der Waals surface area contributed by atoms with Gasteiger partial charge in [-0.2, -0.15) is 13.2 Å². The van der Waals surface area contributed by atoms with Gasteiger partial charge < -0.3 is 10.1 Å². The molecule has 0 aliphatic carbocycles. The Labute approximate surface area is 89.4 Å². The number of hydrogen-bond donors (Lipinski definition) is 1. The SMILES string of the molecule is CNc1nc(C=O)ccc1OCC(F)(F)F. The normalized spacial score (nSPS) is 11.0. The number of halogens is 3. The van der Waals surface area contributed by atoms with Crippen LogP contribution in [0.4, 0.5) is 19.0 Å². The molecule has 1 aromatic rings. The highest BCUT2D eigenvalue weighted by Crippen LogP contribution is 2.24. The van der Waals surface area contributed by atoms with Crippen molar-refractivity contribution in [3.8, 4) is 5.75 Å². The van der Waals surface area contributed by atoms with E-state index in [1.165, 1.54) is 19.2 Å². The number of alkyl halides is 3. The summed E-state index contributed by atoms with van der Waals surface area (Å²) in [6.45, 7) is -1.40. The zero-order valence-corrected chi connectivity index (χ0v) is 8.34. The van der Waals surface area contributed by atoms with E-state index in [0.29, 0.717) is 6.29 Å². The van der Waals surface area contributed by atoms with Crippen LogP contribution in [0.3, 0.4) is 0 Å². The maximum Gasteiger partial charge on any atom is 0.422 e. The van der Waals surface area contributed by atoms with E-state index in [9.17, 15) is 18.0 Å². The van der Waals surface area contributed by atoms with Crippen LogP contribution in [0.15, 0.2) is 12.1 Å². The molecule has 88 valence electrons. The summed E-state index contributed by atoms with van der Waals surface area (Å²) in [5.74, 6) is 0.0410. The summed E-state index contributed by atoms with van der Waals surface area (Å²) in [5, 5.41) is 2.54. The number of carbonyl (C=O) groups excluding carboxylic acids is 1. The smallest absolute Gasteiger partial charge is 0.422 e. The minimum absolute atomic E-state index is 0.0505. The quantitative estimate of drug-likeness (QED) is 0.808. The molecule has 1 N–H and O–H groups in total. The minimum atomic E-state index is -4.41. The number of hydrogen-bond acceptors (Lipinski definition) is 4. The van der Waals surface area contributed by atoms with Crippen molar-refractivity contribution in [3.05, 3.63) is 17.8 Å². The zero-order chi connectivity index (χ0) is 12.2. The molecular weight excluding hydrogens is 225 g/mol. The van der Waals surface area contributed by atoms with Crippen molar-refractivity contribution in [2.24, 2.45) is 0 Å². The highest BCUT2D eigenvalue weighted by molar-refractivity contribution is 5.73. The highest BCUT2D eigenvalue weighted by atomic mass is 19.4. The van der Waals surface area contributed by atoms with Crippen LogP contribution >= 0.6 is 0 Å². The average Bonchev–Trinajstić information content (AvgIpc) is 2.25. The molecule has 0 bridgehead atoms. The lowest BCUT2D eigenvalue weighted by molar-refractivity contribution is -0.153. The number of nitrogens with one attached hydrogen (secondary N) is 1. The third-order valence-electron chi connectivity index (χ3n) is 1.63. The van der Waals surface area contributed by atoms with E-state index in [1.54, 1.807) is 0 Å². The molecule has 0 aliphatic rings. The molecule has 0 amide bonds. The zero-order valence-electron chi connectivity index (χ0n) is 8.34. The van der Waals surface area contributed by atoms with Gasteiger partial charge in [0.1, 0.15) is 5.69 Å². The van der Waals surface area contributed by atoms with Gasteiger partial charge in [0.15, 0.2) is 24.5 Å². The monoisotopic (exact) mass is 234 g/mol. The fourth-order valence-electron chi connectivity index (χ4n) is 0.982. The van der Waals surface area contributed by atoms with Crippen molar-refractivity contribution < 1.29 is 22.7 Å². The standard InChI is InChI=1S/C9H9F3N2O2/c1-13-8-7(16-5-9(10,11)12)3-2-6(4-15)14-8/h2-4H,5H2,1H3,(H,13,14). The lowest BCUT2D eigenvalue weighted by Crippen LogP contribution is -2.19. The third kappa shape index (κ3) is 3.41. The van der Waals surface area contributed by atoms with Gasteiger partial charge in [0.25, 0.3) is 0 Å². The first-order valence-corrected chi connectivity index (χ1v) is 4.30. The number of rotatable bonds is 4. The van der Waals surface area contributed by atoms with Gasteiger partial charge in [-0.15, -0.1) is 0 Å². The lowest BCUT2D eigenvalue weighted by Gasteiger charge is -2.12. The fraction of sp³-hybridized carbons (Fsp3) is 0.333. The van der Waals surface area contributed by atoms with Crippen LogP contribution in [-0.2, 0) is 0 Å². The van der Waals surface area contributed by atoms with Crippen LogP contribution in [0.25, 0.3) is 0 Å². The fourth-order valence-corrected chi connectivity index (χ4v) is 0.982. The van der Waals surface area contributed by atoms with Crippen LogP contribution < -0.4 is 10.1 Å². The van der Waals surface area contributed by atoms with Crippen molar-refractivity contribution in [3.63, 3.8) is 0 Å². The van der Waals surface area contributed by atoms with E-state index < -0.39 is 12.8 Å². The first kappa shape index (κ1) is 12.3. The molecule has 0 radical (unpaired) electrons. The summed E-state index contributed by atoms with van der Waals surface area (Å²) in [6, 6.07) is 2.54. The maximum absolute atomic E-state index is 11.9. The number of aromatic nitrogens is 1. The van der Waals surface area contributed by atoms with Gasteiger partial charge in [-0.25, -0.2) is 4.98 Å². The summed E-state index contributed by atoms with van der Waals surface area (Å²) < 4.78 is 40.2. The number of pyridine rings is 1. The van der Waals surface area contributed by atoms with Crippen LogP contribution in [0.1, 0.15) is 10.5 Å². The Balaban J connectivity index is 2.83. The largest absolute Gasteiger partial charge is 0.480 e. The molecule has 0 spiro atoms. The second kappa shape index (κ2) is 4.82. The first-order valence-electron chi connectivity index (χ1n) is 4.30. The van der Waals surface area contributed by atoms with Gasteiger partial charge in [0.2, 0.25) is 0 Å². The molecule has 0 unspecified atom stereocenters. The predicted octanol–water partition coefficient (Wildman–Crippen LogP) is 1.88. The summed E-state index contributed by atoms with van der Waals surface area (Å²) in [5.41, 5.74) is 0.115. The van der Waals surface area contributed by atoms with E-state index in [-0.39, 0.29) is 17.3 Å². The Morgan fingerprint density at radius 2 is 2.19 bits per heavy atom. The van der Waals surface area contributed by atoms with Gasteiger partial charge in [-0.05, 0) is 12.1 Å². The summed E-state index contributed by atoms with van der Waals surface area (Å²) in [4.78, 5) is 14.1. The van der Waals surface area contributed by atoms with Gasteiger partial charge >= 0.3 is 6.18 Å². The molecule has 1 aromatic heterocycles. The van der Waals surface area contributed by atoms with Crippen LogP contribution in [0.5, 0.6) is 5.75 Å². The Hall–Kier alpha value is -1.79. The van der Waals surface area contributed by atoms with Crippen LogP contribution in [0, 0.1) is 0 Å². The molecule has 0 saturated heterocycles. The highest BCUT2D eigenvalue weighted by Gasteiger charge is 2.28. The van der Waals surface area contributed by atoms with Gasteiger partial charge in [-0.1, -0.05) is 0 Å². The molecule has 0 fully saturated rings. The molecule has 0 atom stereocenters. The van der Waals surface area contributed by atoms with E-state index >= 15 is 0 Å². The number of carbonyl (C=O) groups is 1. The van der Waals surface area contributed by atoms with E-state index in [2.05, 4.69) is 15.0 Å². The lowest BCUT2D eigenvalue weighted by atomic mass is 10.3. The summed E-state index contributed by atoms with van der Waals surface area (Å²) in [7, 11) is 1.47. The molecule has 0 aliphatic heterocycles. The molecule has 1 heterocycles. The maximum atomic E-state index is 11.9. The second-order valence-electron chi connectivity index (χ2n) is 2.85. The van der Waals surface area contributed by atoms with E-state index in [4.69, 9.17) is 0 Å². The molecule has 1 rings (SSSR count). The molecule has 4 nitrogen and oxygen atoms in total. The van der Waals surface area contributed by atoms with Crippen molar-refractivity contribution in [1.82, 2.24) is 4.98 Å². The first-order chi connectivity index (χ1) is 7.46.